The summed E-state index contributed by atoms with van der Waals surface area (Å²) in [5, 5.41) is 5.06. The summed E-state index contributed by atoms with van der Waals surface area (Å²) in [6.45, 7) is 2.14. The van der Waals surface area contributed by atoms with Gasteiger partial charge in [0.15, 0.2) is 0 Å². The van der Waals surface area contributed by atoms with E-state index >= 15 is 0 Å². The van der Waals surface area contributed by atoms with Gasteiger partial charge in [-0.2, -0.15) is 0 Å². The van der Waals surface area contributed by atoms with Crippen molar-refractivity contribution in [2.45, 2.75) is 49.8 Å². The van der Waals surface area contributed by atoms with Gasteiger partial charge in [0.2, 0.25) is 4.34 Å². The van der Waals surface area contributed by atoms with Gasteiger partial charge in [-0.05, 0) is 18.6 Å². The fourth-order valence-corrected chi connectivity index (χ4v) is 3.76. The first-order valence-corrected chi connectivity index (χ1v) is 9.90. The van der Waals surface area contributed by atoms with Crippen LogP contribution >= 0.6 is 11.3 Å². The number of thiazole rings is 1. The van der Waals surface area contributed by atoms with Crippen molar-refractivity contribution < 1.29 is 17.9 Å². The number of carbonyl (C=O) groups is 1. The standard InChI is InChI=1S/C15H20N2O4S2/c1-2-3-4-5-6-7-14(18)21-11-8-9-13-12(10-11)17-15(22-13)23(16,19)20/h8-10H,2-7H2,1H3,(H2,16,19,20). The number of carbonyl (C=O) groups excluding carboxylic acids is 1. The molecular weight excluding hydrogens is 336 g/mol. The normalized spacial score (nSPS) is 11.7. The second kappa shape index (κ2) is 7.85. The van der Waals surface area contributed by atoms with Crippen molar-refractivity contribution in [3.63, 3.8) is 0 Å². The van der Waals surface area contributed by atoms with E-state index in [2.05, 4.69) is 11.9 Å². The average molecular weight is 356 g/mol. The predicted octanol–water partition coefficient (Wildman–Crippen LogP) is 3.21. The number of benzene rings is 1. The fraction of sp³-hybridized carbons (Fsp3) is 0.467. The minimum Gasteiger partial charge on any atom is -0.426 e. The Morgan fingerprint density at radius 1 is 1.26 bits per heavy atom. The van der Waals surface area contributed by atoms with Crippen LogP contribution in [0.15, 0.2) is 22.5 Å². The second-order valence-electron chi connectivity index (χ2n) is 5.29. The molecule has 0 amide bonds. The Balaban J connectivity index is 1.96. The lowest BCUT2D eigenvalue weighted by molar-refractivity contribution is -0.134. The van der Waals surface area contributed by atoms with Crippen LogP contribution in [0.1, 0.15) is 45.4 Å². The van der Waals surface area contributed by atoms with Gasteiger partial charge in [-0.3, -0.25) is 4.79 Å². The molecule has 0 radical (unpaired) electrons. The summed E-state index contributed by atoms with van der Waals surface area (Å²) in [6.07, 6.45) is 5.69. The number of aromatic nitrogens is 1. The minimum atomic E-state index is -3.82. The van der Waals surface area contributed by atoms with Crippen molar-refractivity contribution in [1.29, 1.82) is 0 Å². The van der Waals surface area contributed by atoms with Gasteiger partial charge in [0.25, 0.3) is 10.0 Å². The fourth-order valence-electron chi connectivity index (χ4n) is 2.13. The van der Waals surface area contributed by atoms with Crippen LogP contribution in [0.25, 0.3) is 10.2 Å². The molecule has 0 unspecified atom stereocenters. The molecular formula is C15H20N2O4S2. The van der Waals surface area contributed by atoms with Crippen molar-refractivity contribution in [1.82, 2.24) is 4.98 Å². The topological polar surface area (TPSA) is 99.4 Å². The Hall–Kier alpha value is -1.51. The quantitative estimate of drug-likeness (QED) is 0.445. The lowest BCUT2D eigenvalue weighted by atomic mass is 10.1. The van der Waals surface area contributed by atoms with Crippen molar-refractivity contribution in [3.05, 3.63) is 18.2 Å². The molecule has 0 fully saturated rings. The molecule has 2 N–H and O–H groups in total. The third kappa shape index (κ3) is 5.26. The smallest absolute Gasteiger partial charge is 0.311 e. The number of sulfonamides is 1. The molecule has 0 spiro atoms. The number of fused-ring (bicyclic) bond motifs is 1. The molecule has 1 aromatic carbocycles. The summed E-state index contributed by atoms with van der Waals surface area (Å²) < 4.78 is 28.4. The third-order valence-electron chi connectivity index (χ3n) is 3.30. The number of hydrogen-bond donors (Lipinski definition) is 1. The molecule has 8 heteroatoms. The number of primary sulfonamides is 1. The molecule has 126 valence electrons. The number of nitrogens with zero attached hydrogens (tertiary/aromatic N) is 1. The molecule has 2 rings (SSSR count). The summed E-state index contributed by atoms with van der Waals surface area (Å²) in [5.74, 6) is 0.0741. The molecule has 0 saturated heterocycles. The van der Waals surface area contributed by atoms with Crippen LogP contribution in [0.3, 0.4) is 0 Å². The molecule has 1 aromatic heterocycles. The summed E-state index contributed by atoms with van der Waals surface area (Å²) in [6, 6.07) is 4.85. The highest BCUT2D eigenvalue weighted by molar-refractivity contribution is 7.91. The van der Waals surface area contributed by atoms with Gasteiger partial charge in [0.1, 0.15) is 5.75 Å². The maximum absolute atomic E-state index is 11.8. The van der Waals surface area contributed by atoms with Gasteiger partial charge in [0.05, 0.1) is 10.2 Å². The maximum Gasteiger partial charge on any atom is 0.311 e. The predicted molar refractivity (Wildman–Crippen MR) is 90.0 cm³/mol. The highest BCUT2D eigenvalue weighted by Crippen LogP contribution is 2.28. The number of unbranched alkanes of at least 4 members (excludes halogenated alkanes) is 4. The highest BCUT2D eigenvalue weighted by Gasteiger charge is 2.15. The molecule has 1 heterocycles. The Morgan fingerprint density at radius 2 is 2.00 bits per heavy atom. The first-order chi connectivity index (χ1) is 10.9. The molecule has 0 aliphatic carbocycles. The van der Waals surface area contributed by atoms with E-state index in [4.69, 9.17) is 9.88 Å². The van der Waals surface area contributed by atoms with Crippen molar-refractivity contribution in [3.8, 4) is 5.75 Å². The average Bonchev–Trinajstić information content (AvgIpc) is 2.90. The van der Waals surface area contributed by atoms with Gasteiger partial charge in [-0.25, -0.2) is 18.5 Å². The third-order valence-corrected chi connectivity index (χ3v) is 5.65. The Morgan fingerprint density at radius 3 is 2.70 bits per heavy atom. The van der Waals surface area contributed by atoms with E-state index < -0.39 is 10.0 Å². The van der Waals surface area contributed by atoms with E-state index in [-0.39, 0.29) is 10.3 Å². The summed E-state index contributed by atoms with van der Waals surface area (Å²) >= 11 is 0.989. The molecule has 2 aromatic rings. The zero-order valence-electron chi connectivity index (χ0n) is 12.9. The summed E-state index contributed by atoms with van der Waals surface area (Å²) in [7, 11) is -3.82. The van der Waals surface area contributed by atoms with E-state index in [1.807, 2.05) is 0 Å². The van der Waals surface area contributed by atoms with Crippen LogP contribution in [0, 0.1) is 0 Å². The number of rotatable bonds is 8. The lowest BCUT2D eigenvalue weighted by Gasteiger charge is -2.04. The highest BCUT2D eigenvalue weighted by atomic mass is 32.2. The van der Waals surface area contributed by atoms with Crippen molar-refractivity contribution in [2.75, 3.05) is 0 Å². The Bertz CT molecular complexity index is 784. The zero-order chi connectivity index (χ0) is 16.9. The summed E-state index contributed by atoms with van der Waals surface area (Å²) in [5.41, 5.74) is 0.451. The van der Waals surface area contributed by atoms with Gasteiger partial charge >= 0.3 is 5.97 Å². The van der Waals surface area contributed by atoms with Crippen LogP contribution < -0.4 is 9.88 Å². The largest absolute Gasteiger partial charge is 0.426 e. The van der Waals surface area contributed by atoms with Crippen LogP contribution in [0.5, 0.6) is 5.75 Å². The molecule has 0 bridgehead atoms. The summed E-state index contributed by atoms with van der Waals surface area (Å²) in [4.78, 5) is 15.8. The van der Waals surface area contributed by atoms with E-state index in [9.17, 15) is 13.2 Å². The van der Waals surface area contributed by atoms with E-state index in [1.54, 1.807) is 18.2 Å². The number of nitrogens with two attached hydrogens (primary N) is 1. The van der Waals surface area contributed by atoms with Crippen LogP contribution in [-0.2, 0) is 14.8 Å². The number of hydrogen-bond acceptors (Lipinski definition) is 6. The first kappa shape index (κ1) is 17.8. The van der Waals surface area contributed by atoms with Crippen LogP contribution in [-0.4, -0.2) is 19.4 Å². The van der Waals surface area contributed by atoms with E-state index in [0.717, 1.165) is 30.6 Å². The lowest BCUT2D eigenvalue weighted by Crippen LogP contribution is -2.11. The van der Waals surface area contributed by atoms with Crippen LogP contribution in [0.2, 0.25) is 0 Å². The van der Waals surface area contributed by atoms with Crippen LogP contribution in [0.4, 0.5) is 0 Å². The molecule has 0 aliphatic heterocycles. The molecule has 6 nitrogen and oxygen atoms in total. The first-order valence-electron chi connectivity index (χ1n) is 7.54. The van der Waals surface area contributed by atoms with Gasteiger partial charge < -0.3 is 4.74 Å². The van der Waals surface area contributed by atoms with Gasteiger partial charge in [-0.15, -0.1) is 11.3 Å². The van der Waals surface area contributed by atoms with E-state index in [0.29, 0.717) is 22.4 Å². The van der Waals surface area contributed by atoms with E-state index in [1.165, 1.54) is 12.8 Å². The van der Waals surface area contributed by atoms with Gasteiger partial charge in [0, 0.05) is 12.5 Å². The molecule has 0 saturated carbocycles. The van der Waals surface area contributed by atoms with Crippen molar-refractivity contribution >= 4 is 37.5 Å². The number of esters is 1. The molecule has 0 aliphatic rings. The Kier molecular flexibility index (Phi) is 6.09. The number of ether oxygens (including phenoxy) is 1. The monoisotopic (exact) mass is 356 g/mol. The SMILES string of the molecule is CCCCCCCC(=O)Oc1ccc2sc(S(N)(=O)=O)nc2c1. The molecule has 0 atom stereocenters. The van der Waals surface area contributed by atoms with Gasteiger partial charge in [-0.1, -0.05) is 32.6 Å². The zero-order valence-corrected chi connectivity index (χ0v) is 14.6. The molecule has 23 heavy (non-hydrogen) atoms. The Labute approximate surface area is 139 Å². The minimum absolute atomic E-state index is 0.146. The maximum atomic E-state index is 11.8. The second-order valence-corrected chi connectivity index (χ2v) is 8.06. The van der Waals surface area contributed by atoms with Crippen molar-refractivity contribution in [2.24, 2.45) is 5.14 Å².